The highest BCUT2D eigenvalue weighted by Gasteiger charge is 2.26. The topological polar surface area (TPSA) is 70.5 Å². The van der Waals surface area contributed by atoms with Crippen LogP contribution in [0.1, 0.15) is 47.2 Å². The highest BCUT2D eigenvalue weighted by atomic mass is 16.6. The number of benzene rings is 2. The summed E-state index contributed by atoms with van der Waals surface area (Å²) in [5.41, 5.74) is 6.40. The van der Waals surface area contributed by atoms with Crippen molar-refractivity contribution < 1.29 is 9.68 Å². The molecule has 0 unspecified atom stereocenters. The van der Waals surface area contributed by atoms with E-state index < -0.39 is 0 Å². The molecule has 0 aliphatic carbocycles. The third-order valence-electron chi connectivity index (χ3n) is 4.60. The van der Waals surface area contributed by atoms with E-state index in [-0.39, 0.29) is 5.41 Å². The normalized spacial score (nSPS) is 11.5. The summed E-state index contributed by atoms with van der Waals surface area (Å²) >= 11 is 0. The van der Waals surface area contributed by atoms with Crippen LogP contribution in [0.15, 0.2) is 24.3 Å². The van der Waals surface area contributed by atoms with E-state index >= 15 is 0 Å². The Kier molecular flexibility index (Phi) is 4.68. The first-order valence-electron chi connectivity index (χ1n) is 7.69. The van der Waals surface area contributed by atoms with Crippen molar-refractivity contribution in [2.75, 3.05) is 0 Å². The third kappa shape index (κ3) is 3.05. The zero-order valence-corrected chi connectivity index (χ0v) is 14.8. The van der Waals surface area contributed by atoms with Gasteiger partial charge in [-0.1, -0.05) is 38.1 Å². The lowest BCUT2D eigenvalue weighted by atomic mass is 9.76. The van der Waals surface area contributed by atoms with Gasteiger partial charge in [0.25, 0.3) is 0 Å². The lowest BCUT2D eigenvalue weighted by Crippen LogP contribution is -2.21. The molecule has 0 aliphatic rings. The van der Waals surface area contributed by atoms with E-state index in [9.17, 15) is 0 Å². The van der Waals surface area contributed by atoms with Crippen molar-refractivity contribution in [3.8, 4) is 11.5 Å². The molecule has 0 saturated heterocycles. The molecule has 124 valence electrons. The minimum absolute atomic E-state index is 0.161. The van der Waals surface area contributed by atoms with Crippen LogP contribution in [0.2, 0.25) is 0 Å². The molecule has 0 heterocycles. The Hall–Kier alpha value is -2.04. The lowest BCUT2D eigenvalue weighted by molar-refractivity contribution is 0.329. The number of rotatable bonds is 4. The molecule has 0 spiro atoms. The van der Waals surface area contributed by atoms with Gasteiger partial charge in [-0.2, -0.15) is 11.8 Å². The van der Waals surface area contributed by atoms with Gasteiger partial charge in [0.05, 0.1) is 0 Å². The molecule has 0 amide bonds. The van der Waals surface area contributed by atoms with E-state index in [1.165, 1.54) is 11.1 Å². The molecule has 23 heavy (non-hydrogen) atoms. The first-order chi connectivity index (χ1) is 10.7. The summed E-state index contributed by atoms with van der Waals surface area (Å²) in [5, 5.41) is 0. The second-order valence-corrected chi connectivity index (χ2v) is 6.74. The Morgan fingerprint density at radius 1 is 0.652 bits per heavy atom. The summed E-state index contributed by atoms with van der Waals surface area (Å²) < 4.78 is 0. The molecule has 2 aromatic rings. The van der Waals surface area contributed by atoms with Crippen molar-refractivity contribution in [1.29, 1.82) is 0 Å². The molecule has 0 radical (unpaired) electrons. The van der Waals surface area contributed by atoms with Crippen molar-refractivity contribution >= 4 is 0 Å². The van der Waals surface area contributed by atoms with E-state index in [1.54, 1.807) is 0 Å². The van der Waals surface area contributed by atoms with E-state index in [0.717, 1.165) is 33.8 Å². The average molecular weight is 314 g/mol. The third-order valence-corrected chi connectivity index (χ3v) is 4.60. The minimum atomic E-state index is -0.161. The molecular formula is C19H26N2O2. The molecule has 2 aromatic carbocycles. The summed E-state index contributed by atoms with van der Waals surface area (Å²) in [7, 11) is 0. The molecule has 0 fully saturated rings. The van der Waals surface area contributed by atoms with Gasteiger partial charge in [0.15, 0.2) is 11.5 Å². The molecule has 0 saturated carbocycles. The van der Waals surface area contributed by atoms with Crippen LogP contribution in [-0.2, 0) is 5.41 Å². The van der Waals surface area contributed by atoms with Crippen LogP contribution < -0.4 is 21.5 Å². The summed E-state index contributed by atoms with van der Waals surface area (Å²) in [6, 6.07) is 8.53. The summed E-state index contributed by atoms with van der Waals surface area (Å²) in [5.74, 6) is 12.2. The van der Waals surface area contributed by atoms with Gasteiger partial charge >= 0.3 is 0 Å². The summed E-state index contributed by atoms with van der Waals surface area (Å²) in [4.78, 5) is 9.97. The number of nitrogens with two attached hydrogens (primary N) is 2. The maximum atomic E-state index is 5.37. The first kappa shape index (κ1) is 17.3. The second kappa shape index (κ2) is 6.22. The predicted octanol–water partition coefficient (Wildman–Crippen LogP) is 3.75. The zero-order valence-electron chi connectivity index (χ0n) is 14.8. The van der Waals surface area contributed by atoms with Gasteiger partial charge in [-0.25, -0.2) is 0 Å². The summed E-state index contributed by atoms with van der Waals surface area (Å²) in [6.45, 7) is 12.5. The maximum absolute atomic E-state index is 5.37. The monoisotopic (exact) mass is 314 g/mol. The largest absolute Gasteiger partial charge is 0.411 e. The van der Waals surface area contributed by atoms with Crippen LogP contribution in [0.25, 0.3) is 0 Å². The highest BCUT2D eigenvalue weighted by Crippen LogP contribution is 2.38. The molecule has 0 atom stereocenters. The van der Waals surface area contributed by atoms with Gasteiger partial charge in [-0.05, 0) is 61.1 Å². The van der Waals surface area contributed by atoms with Gasteiger partial charge in [0.2, 0.25) is 0 Å². The Bertz CT molecular complexity index is 629. The van der Waals surface area contributed by atoms with E-state index in [1.807, 2.05) is 27.7 Å². The Labute approximate surface area is 138 Å². The van der Waals surface area contributed by atoms with Crippen molar-refractivity contribution in [3.63, 3.8) is 0 Å². The fourth-order valence-electron chi connectivity index (χ4n) is 3.16. The van der Waals surface area contributed by atoms with Gasteiger partial charge in [0.1, 0.15) is 0 Å². The molecule has 4 heteroatoms. The van der Waals surface area contributed by atoms with Crippen LogP contribution >= 0.6 is 0 Å². The van der Waals surface area contributed by atoms with Gasteiger partial charge in [0, 0.05) is 5.41 Å². The van der Waals surface area contributed by atoms with Crippen LogP contribution in [0, 0.1) is 27.7 Å². The Morgan fingerprint density at radius 3 is 1.13 bits per heavy atom. The molecule has 4 nitrogen and oxygen atoms in total. The SMILES string of the molecule is Cc1cc(C(C)(C)c2cc(C)c(ON)c(C)c2)cc(C)c1ON. The van der Waals surface area contributed by atoms with Crippen LogP contribution in [-0.4, -0.2) is 0 Å². The predicted molar refractivity (Wildman–Crippen MR) is 93.6 cm³/mol. The maximum Gasteiger partial charge on any atom is 0.152 e. The molecule has 0 bridgehead atoms. The molecule has 0 aromatic heterocycles. The zero-order chi connectivity index (χ0) is 17.4. The molecule has 4 N–H and O–H groups in total. The van der Waals surface area contributed by atoms with E-state index in [2.05, 4.69) is 38.1 Å². The first-order valence-corrected chi connectivity index (χ1v) is 7.69. The fourth-order valence-corrected chi connectivity index (χ4v) is 3.16. The quantitative estimate of drug-likeness (QED) is 0.843. The lowest BCUT2D eigenvalue weighted by Gasteiger charge is -2.29. The van der Waals surface area contributed by atoms with Gasteiger partial charge < -0.3 is 9.68 Å². The van der Waals surface area contributed by atoms with Gasteiger partial charge in [-0.15, -0.1) is 0 Å². The van der Waals surface area contributed by atoms with Gasteiger partial charge in [-0.3, -0.25) is 0 Å². The Balaban J connectivity index is 2.59. The average Bonchev–Trinajstić information content (AvgIpc) is 2.46. The number of aryl methyl sites for hydroxylation is 4. The molecule has 2 rings (SSSR count). The van der Waals surface area contributed by atoms with Crippen molar-refractivity contribution in [3.05, 3.63) is 57.6 Å². The molecular weight excluding hydrogens is 288 g/mol. The van der Waals surface area contributed by atoms with E-state index in [0.29, 0.717) is 0 Å². The van der Waals surface area contributed by atoms with Crippen molar-refractivity contribution in [2.24, 2.45) is 11.8 Å². The second-order valence-electron chi connectivity index (χ2n) is 6.74. The number of hydrogen-bond donors (Lipinski definition) is 2. The Morgan fingerprint density at radius 2 is 0.913 bits per heavy atom. The van der Waals surface area contributed by atoms with Crippen LogP contribution in [0.3, 0.4) is 0 Å². The fraction of sp³-hybridized carbons (Fsp3) is 0.368. The van der Waals surface area contributed by atoms with Crippen LogP contribution in [0.4, 0.5) is 0 Å². The molecule has 0 aliphatic heterocycles. The highest BCUT2D eigenvalue weighted by molar-refractivity contribution is 5.51. The van der Waals surface area contributed by atoms with Crippen LogP contribution in [0.5, 0.6) is 11.5 Å². The minimum Gasteiger partial charge on any atom is -0.411 e. The number of hydrogen-bond acceptors (Lipinski definition) is 4. The standard InChI is InChI=1S/C19H26N2O2/c1-11-7-15(8-12(2)17(11)22-20)19(5,6)16-9-13(3)18(23-21)14(4)10-16/h7-10H,20-21H2,1-6H3. The van der Waals surface area contributed by atoms with Crippen molar-refractivity contribution in [1.82, 2.24) is 0 Å². The van der Waals surface area contributed by atoms with E-state index in [4.69, 9.17) is 21.5 Å². The summed E-state index contributed by atoms with van der Waals surface area (Å²) in [6.07, 6.45) is 0. The van der Waals surface area contributed by atoms with Crippen molar-refractivity contribution in [2.45, 2.75) is 47.0 Å². The smallest absolute Gasteiger partial charge is 0.152 e.